The Morgan fingerprint density at radius 2 is 1.88 bits per heavy atom. The average Bonchev–Trinajstić information content (AvgIpc) is 3.23. The van der Waals surface area contributed by atoms with Crippen molar-refractivity contribution in [2.75, 3.05) is 25.9 Å². The van der Waals surface area contributed by atoms with Gasteiger partial charge in [-0.1, -0.05) is 54.6 Å². The van der Waals surface area contributed by atoms with E-state index in [1.807, 2.05) is 13.1 Å². The lowest BCUT2D eigenvalue weighted by Gasteiger charge is -2.19. The second-order valence-corrected chi connectivity index (χ2v) is 8.33. The first-order chi connectivity index (χ1) is 15.6. The standard InChI is InChI=1S/C26H27N5O/c1-31(12-13-32)16-19-7-3-4-8-20(19)17-10-11-23-22(14-17)25(30-26(27)29-23)24-21-9-5-2-6-18(21)15-28-24/h2-11,14,24,28,32H,12-13,15-16H2,1H3,(H2,27,29,30). The zero-order valence-electron chi connectivity index (χ0n) is 18.1. The number of hydrogen-bond donors (Lipinski definition) is 3. The highest BCUT2D eigenvalue weighted by atomic mass is 16.3. The van der Waals surface area contributed by atoms with Crippen LogP contribution in [-0.2, 0) is 13.1 Å². The Hall–Kier alpha value is -3.32. The van der Waals surface area contributed by atoms with E-state index in [0.717, 1.165) is 35.2 Å². The lowest BCUT2D eigenvalue weighted by molar-refractivity contribution is 0.217. The summed E-state index contributed by atoms with van der Waals surface area (Å²) in [5.74, 6) is 0.289. The van der Waals surface area contributed by atoms with Crippen LogP contribution in [0.25, 0.3) is 22.0 Å². The summed E-state index contributed by atoms with van der Waals surface area (Å²) in [5.41, 5.74) is 13.9. The van der Waals surface area contributed by atoms with Gasteiger partial charge in [-0.15, -0.1) is 0 Å². The van der Waals surface area contributed by atoms with Crippen LogP contribution in [0.5, 0.6) is 0 Å². The van der Waals surface area contributed by atoms with Crippen LogP contribution in [0.1, 0.15) is 28.4 Å². The summed E-state index contributed by atoms with van der Waals surface area (Å²) in [6.45, 7) is 2.35. The van der Waals surface area contributed by atoms with Gasteiger partial charge in [0.05, 0.1) is 23.9 Å². The molecule has 2 heterocycles. The van der Waals surface area contributed by atoms with Crippen molar-refractivity contribution in [2.45, 2.75) is 19.1 Å². The third-order valence-corrected chi connectivity index (χ3v) is 6.13. The zero-order valence-corrected chi connectivity index (χ0v) is 18.1. The van der Waals surface area contributed by atoms with Gasteiger partial charge in [0.1, 0.15) is 0 Å². The van der Waals surface area contributed by atoms with Gasteiger partial charge in [0.15, 0.2) is 0 Å². The molecule has 6 nitrogen and oxygen atoms in total. The highest BCUT2D eigenvalue weighted by molar-refractivity contribution is 5.88. The molecule has 162 valence electrons. The molecule has 0 amide bonds. The summed E-state index contributed by atoms with van der Waals surface area (Å²) >= 11 is 0. The molecule has 0 aliphatic carbocycles. The molecule has 1 atom stereocenters. The van der Waals surface area contributed by atoms with E-state index in [1.165, 1.54) is 22.3 Å². The fraction of sp³-hybridized carbons (Fsp3) is 0.231. The molecule has 4 N–H and O–H groups in total. The molecular weight excluding hydrogens is 398 g/mol. The van der Waals surface area contributed by atoms with Crippen LogP contribution in [-0.4, -0.2) is 40.2 Å². The van der Waals surface area contributed by atoms with Crippen molar-refractivity contribution >= 4 is 16.9 Å². The van der Waals surface area contributed by atoms with E-state index >= 15 is 0 Å². The maximum Gasteiger partial charge on any atom is 0.220 e. The van der Waals surface area contributed by atoms with Gasteiger partial charge in [-0.05, 0) is 47.0 Å². The van der Waals surface area contributed by atoms with E-state index in [2.05, 4.69) is 80.8 Å². The van der Waals surface area contributed by atoms with Gasteiger partial charge in [-0.25, -0.2) is 9.97 Å². The number of hydrogen-bond acceptors (Lipinski definition) is 6. The summed E-state index contributed by atoms with van der Waals surface area (Å²) in [4.78, 5) is 11.3. The van der Waals surface area contributed by atoms with Crippen molar-refractivity contribution in [1.29, 1.82) is 0 Å². The first-order valence-electron chi connectivity index (χ1n) is 10.9. The Morgan fingerprint density at radius 3 is 2.75 bits per heavy atom. The van der Waals surface area contributed by atoms with E-state index in [-0.39, 0.29) is 18.6 Å². The minimum Gasteiger partial charge on any atom is -0.395 e. The van der Waals surface area contributed by atoms with Gasteiger partial charge >= 0.3 is 0 Å². The number of nitrogens with two attached hydrogens (primary N) is 1. The maximum atomic E-state index is 9.27. The number of fused-ring (bicyclic) bond motifs is 2. The average molecular weight is 426 g/mol. The molecule has 3 aromatic carbocycles. The molecule has 0 fully saturated rings. The molecule has 1 unspecified atom stereocenters. The Balaban J connectivity index is 1.62. The number of rotatable bonds is 6. The van der Waals surface area contributed by atoms with Crippen LogP contribution in [0.15, 0.2) is 66.7 Å². The molecule has 1 aromatic heterocycles. The van der Waals surface area contributed by atoms with Crippen molar-refractivity contribution in [1.82, 2.24) is 20.2 Å². The predicted octanol–water partition coefficient (Wildman–Crippen LogP) is 3.50. The summed E-state index contributed by atoms with van der Waals surface area (Å²) in [5, 5.41) is 13.9. The SMILES string of the molecule is CN(CCO)Cc1ccccc1-c1ccc2nc(N)nc(C3NCc4ccccc43)c2c1. The topological polar surface area (TPSA) is 87.3 Å². The Bertz CT molecular complexity index is 1270. The quantitative estimate of drug-likeness (QED) is 0.438. The Morgan fingerprint density at radius 1 is 1.06 bits per heavy atom. The minimum atomic E-state index is -0.0137. The van der Waals surface area contributed by atoms with E-state index in [0.29, 0.717) is 6.54 Å². The number of aliphatic hydroxyl groups is 1. The molecule has 6 heteroatoms. The van der Waals surface area contributed by atoms with Crippen LogP contribution < -0.4 is 11.1 Å². The van der Waals surface area contributed by atoms with Crippen LogP contribution in [0, 0.1) is 0 Å². The van der Waals surface area contributed by atoms with Crippen molar-refractivity contribution in [3.05, 3.63) is 89.1 Å². The van der Waals surface area contributed by atoms with Gasteiger partial charge < -0.3 is 16.2 Å². The predicted molar refractivity (Wildman–Crippen MR) is 128 cm³/mol. The number of nitrogens with zero attached hydrogens (tertiary/aromatic N) is 3. The summed E-state index contributed by atoms with van der Waals surface area (Å²) in [6, 6.07) is 23.1. The lowest BCUT2D eigenvalue weighted by Crippen LogP contribution is -2.21. The minimum absolute atomic E-state index is 0.0137. The summed E-state index contributed by atoms with van der Waals surface area (Å²) < 4.78 is 0. The molecule has 0 spiro atoms. The van der Waals surface area contributed by atoms with Gasteiger partial charge in [-0.3, -0.25) is 4.90 Å². The second-order valence-electron chi connectivity index (χ2n) is 8.33. The molecule has 0 bridgehead atoms. The number of nitrogen functional groups attached to an aromatic ring is 1. The number of aliphatic hydroxyl groups excluding tert-OH is 1. The normalized spacial score (nSPS) is 15.4. The molecule has 32 heavy (non-hydrogen) atoms. The Kier molecular flexibility index (Phi) is 5.57. The van der Waals surface area contributed by atoms with E-state index in [4.69, 9.17) is 5.73 Å². The van der Waals surface area contributed by atoms with Crippen LogP contribution >= 0.6 is 0 Å². The van der Waals surface area contributed by atoms with Crippen LogP contribution in [0.2, 0.25) is 0 Å². The molecule has 0 saturated carbocycles. The van der Waals surface area contributed by atoms with Crippen molar-refractivity contribution in [3.8, 4) is 11.1 Å². The highest BCUT2D eigenvalue weighted by Crippen LogP contribution is 2.35. The maximum absolute atomic E-state index is 9.27. The van der Waals surface area contributed by atoms with Gasteiger partial charge in [0, 0.05) is 25.0 Å². The van der Waals surface area contributed by atoms with Gasteiger partial charge in [0.25, 0.3) is 0 Å². The van der Waals surface area contributed by atoms with E-state index in [1.54, 1.807) is 0 Å². The first kappa shape index (κ1) is 20.6. The molecular formula is C26H27N5O. The van der Waals surface area contributed by atoms with Crippen LogP contribution in [0.4, 0.5) is 5.95 Å². The number of aromatic nitrogens is 2. The lowest BCUT2D eigenvalue weighted by atomic mass is 9.95. The molecule has 0 radical (unpaired) electrons. The number of anilines is 1. The third-order valence-electron chi connectivity index (χ3n) is 6.13. The zero-order chi connectivity index (χ0) is 22.1. The van der Waals surface area contributed by atoms with Crippen molar-refractivity contribution in [3.63, 3.8) is 0 Å². The molecule has 4 aromatic rings. The first-order valence-corrected chi connectivity index (χ1v) is 10.9. The third kappa shape index (κ3) is 3.84. The molecule has 0 saturated heterocycles. The van der Waals surface area contributed by atoms with Crippen molar-refractivity contribution in [2.24, 2.45) is 0 Å². The molecule has 5 rings (SSSR count). The van der Waals surface area contributed by atoms with Crippen molar-refractivity contribution < 1.29 is 5.11 Å². The number of likely N-dealkylation sites (N-methyl/N-ethyl adjacent to an activating group) is 1. The fourth-order valence-electron chi connectivity index (χ4n) is 4.58. The van der Waals surface area contributed by atoms with Crippen LogP contribution in [0.3, 0.4) is 0 Å². The Labute approximate surface area is 187 Å². The van der Waals surface area contributed by atoms with Gasteiger partial charge in [-0.2, -0.15) is 0 Å². The van der Waals surface area contributed by atoms with E-state index < -0.39 is 0 Å². The fourth-order valence-corrected chi connectivity index (χ4v) is 4.58. The number of benzene rings is 3. The monoisotopic (exact) mass is 425 g/mol. The smallest absolute Gasteiger partial charge is 0.220 e. The van der Waals surface area contributed by atoms with Gasteiger partial charge in [0.2, 0.25) is 5.95 Å². The highest BCUT2D eigenvalue weighted by Gasteiger charge is 2.26. The second kappa shape index (κ2) is 8.67. The van der Waals surface area contributed by atoms with E-state index in [9.17, 15) is 5.11 Å². The number of nitrogens with one attached hydrogen (secondary N) is 1. The molecule has 1 aliphatic rings. The largest absolute Gasteiger partial charge is 0.395 e. The molecule has 1 aliphatic heterocycles. The summed E-state index contributed by atoms with van der Waals surface area (Å²) in [7, 11) is 2.02. The summed E-state index contributed by atoms with van der Waals surface area (Å²) in [6.07, 6.45) is 0.